The Bertz CT molecular complexity index is 1050. The summed E-state index contributed by atoms with van der Waals surface area (Å²) in [7, 11) is 0. The lowest BCUT2D eigenvalue weighted by Crippen LogP contribution is -2.49. The Kier molecular flexibility index (Phi) is 6.57. The SMILES string of the molecule is O=C(NCCCc1ccccc1)C(=O)N1CCCC1C(=O)Nc1nc2ccccc2s1. The first kappa shape index (κ1) is 21.0. The zero-order valence-electron chi connectivity index (χ0n) is 17.0. The molecule has 0 saturated carbocycles. The van der Waals surface area contributed by atoms with Gasteiger partial charge in [0, 0.05) is 13.1 Å². The highest BCUT2D eigenvalue weighted by atomic mass is 32.1. The van der Waals surface area contributed by atoms with Crippen LogP contribution in [0.15, 0.2) is 54.6 Å². The van der Waals surface area contributed by atoms with Crippen molar-refractivity contribution in [3.05, 3.63) is 60.2 Å². The molecule has 1 aliphatic heterocycles. The number of nitrogens with one attached hydrogen (secondary N) is 2. The molecule has 4 rings (SSSR count). The van der Waals surface area contributed by atoms with E-state index in [-0.39, 0.29) is 5.91 Å². The second-order valence-electron chi connectivity index (χ2n) is 7.48. The molecule has 1 unspecified atom stereocenters. The van der Waals surface area contributed by atoms with Crippen LogP contribution in [0.3, 0.4) is 0 Å². The average molecular weight is 437 g/mol. The van der Waals surface area contributed by atoms with Gasteiger partial charge in [0.15, 0.2) is 5.13 Å². The number of fused-ring (bicyclic) bond motifs is 1. The van der Waals surface area contributed by atoms with Crippen molar-refractivity contribution >= 4 is 44.4 Å². The molecule has 0 aliphatic carbocycles. The summed E-state index contributed by atoms with van der Waals surface area (Å²) in [4.78, 5) is 43.5. The van der Waals surface area contributed by atoms with Gasteiger partial charge in [0.2, 0.25) is 5.91 Å². The first-order valence-electron chi connectivity index (χ1n) is 10.4. The number of rotatable bonds is 6. The van der Waals surface area contributed by atoms with Gasteiger partial charge in [-0.3, -0.25) is 14.4 Å². The summed E-state index contributed by atoms with van der Waals surface area (Å²) < 4.78 is 0.979. The van der Waals surface area contributed by atoms with E-state index in [1.807, 2.05) is 54.6 Å². The molecule has 3 amide bonds. The van der Waals surface area contributed by atoms with Crippen molar-refractivity contribution in [2.45, 2.75) is 31.7 Å². The standard InChI is InChI=1S/C23H24N4O3S/c28-20(26-23-25-17-11-4-5-13-19(17)31-23)18-12-7-15-27(18)22(30)21(29)24-14-6-10-16-8-2-1-3-9-16/h1-5,8-9,11,13,18H,6-7,10,12,14-15H2,(H,24,29)(H,25,26,28). The molecule has 0 spiro atoms. The number of carbonyl (C=O) groups is 3. The summed E-state index contributed by atoms with van der Waals surface area (Å²) in [6.07, 6.45) is 2.78. The number of likely N-dealkylation sites (tertiary alicyclic amines) is 1. The Morgan fingerprint density at radius 3 is 2.65 bits per heavy atom. The van der Waals surface area contributed by atoms with E-state index < -0.39 is 17.9 Å². The van der Waals surface area contributed by atoms with Gasteiger partial charge in [0.05, 0.1) is 10.2 Å². The van der Waals surface area contributed by atoms with Crippen LogP contribution in [0.25, 0.3) is 10.2 Å². The zero-order chi connectivity index (χ0) is 21.6. The minimum absolute atomic E-state index is 0.304. The Hall–Kier alpha value is -3.26. The van der Waals surface area contributed by atoms with Crippen LogP contribution in [-0.4, -0.2) is 46.7 Å². The molecule has 2 heterocycles. The van der Waals surface area contributed by atoms with E-state index in [1.165, 1.54) is 21.8 Å². The Morgan fingerprint density at radius 2 is 1.84 bits per heavy atom. The number of aromatic nitrogens is 1. The molecule has 1 fully saturated rings. The number of aryl methyl sites for hydroxylation is 1. The molecular weight excluding hydrogens is 412 g/mol. The highest BCUT2D eigenvalue weighted by Crippen LogP contribution is 2.26. The molecule has 0 radical (unpaired) electrons. The fourth-order valence-corrected chi connectivity index (χ4v) is 4.61. The van der Waals surface area contributed by atoms with Crippen LogP contribution in [0.5, 0.6) is 0 Å². The van der Waals surface area contributed by atoms with Crippen molar-refractivity contribution in [3.63, 3.8) is 0 Å². The van der Waals surface area contributed by atoms with Crippen molar-refractivity contribution in [2.24, 2.45) is 0 Å². The number of para-hydroxylation sites is 1. The smallest absolute Gasteiger partial charge is 0.312 e. The number of hydrogen-bond acceptors (Lipinski definition) is 5. The van der Waals surface area contributed by atoms with Gasteiger partial charge in [-0.15, -0.1) is 0 Å². The number of amides is 3. The summed E-state index contributed by atoms with van der Waals surface area (Å²) >= 11 is 1.39. The third-order valence-corrected chi connectivity index (χ3v) is 6.26. The first-order valence-corrected chi connectivity index (χ1v) is 11.2. The monoisotopic (exact) mass is 436 g/mol. The van der Waals surface area contributed by atoms with Crippen LogP contribution >= 0.6 is 11.3 Å². The van der Waals surface area contributed by atoms with E-state index in [9.17, 15) is 14.4 Å². The van der Waals surface area contributed by atoms with Crippen LogP contribution in [0.2, 0.25) is 0 Å². The zero-order valence-corrected chi connectivity index (χ0v) is 17.9. The van der Waals surface area contributed by atoms with E-state index >= 15 is 0 Å². The van der Waals surface area contributed by atoms with Crippen molar-refractivity contribution in [3.8, 4) is 0 Å². The topological polar surface area (TPSA) is 91.4 Å². The maximum atomic E-state index is 12.8. The van der Waals surface area contributed by atoms with E-state index in [1.54, 1.807) is 0 Å². The lowest BCUT2D eigenvalue weighted by atomic mass is 10.1. The van der Waals surface area contributed by atoms with E-state index in [0.29, 0.717) is 31.1 Å². The number of hydrogen-bond donors (Lipinski definition) is 2. The second kappa shape index (κ2) is 9.70. The van der Waals surface area contributed by atoms with Crippen LogP contribution in [0.1, 0.15) is 24.8 Å². The fourth-order valence-electron chi connectivity index (χ4n) is 3.74. The molecule has 1 atom stereocenters. The van der Waals surface area contributed by atoms with Gasteiger partial charge in [0.25, 0.3) is 0 Å². The Morgan fingerprint density at radius 1 is 1.06 bits per heavy atom. The van der Waals surface area contributed by atoms with E-state index in [4.69, 9.17) is 0 Å². The third-order valence-electron chi connectivity index (χ3n) is 5.31. The van der Waals surface area contributed by atoms with Crippen molar-refractivity contribution in [1.82, 2.24) is 15.2 Å². The molecule has 0 bridgehead atoms. The number of nitrogens with zero attached hydrogens (tertiary/aromatic N) is 2. The number of benzene rings is 2. The van der Waals surface area contributed by atoms with Crippen molar-refractivity contribution < 1.29 is 14.4 Å². The molecule has 3 aromatic rings. The van der Waals surface area contributed by atoms with Gasteiger partial charge in [0.1, 0.15) is 6.04 Å². The maximum Gasteiger partial charge on any atom is 0.312 e. The van der Waals surface area contributed by atoms with Gasteiger partial charge >= 0.3 is 11.8 Å². The Balaban J connectivity index is 1.29. The maximum absolute atomic E-state index is 12.8. The lowest BCUT2D eigenvalue weighted by Gasteiger charge is -2.22. The predicted octanol–water partition coefficient (Wildman–Crippen LogP) is 2.97. The van der Waals surface area contributed by atoms with Crippen LogP contribution in [0.4, 0.5) is 5.13 Å². The van der Waals surface area contributed by atoms with Gasteiger partial charge in [-0.2, -0.15) is 0 Å². The minimum atomic E-state index is -0.659. The summed E-state index contributed by atoms with van der Waals surface area (Å²) in [5.74, 6) is -1.61. The largest absolute Gasteiger partial charge is 0.348 e. The molecule has 160 valence electrons. The normalized spacial score (nSPS) is 15.7. The molecule has 1 saturated heterocycles. The molecule has 31 heavy (non-hydrogen) atoms. The van der Waals surface area contributed by atoms with Crippen LogP contribution in [-0.2, 0) is 20.8 Å². The summed E-state index contributed by atoms with van der Waals surface area (Å²) in [5.41, 5.74) is 2.01. The van der Waals surface area contributed by atoms with Gasteiger partial charge in [-0.05, 0) is 43.4 Å². The van der Waals surface area contributed by atoms with E-state index in [0.717, 1.165) is 23.1 Å². The molecule has 1 aliphatic rings. The number of thiazole rings is 1. The third kappa shape index (κ3) is 5.08. The minimum Gasteiger partial charge on any atom is -0.348 e. The summed E-state index contributed by atoms with van der Waals surface area (Å²) in [6.45, 7) is 0.810. The molecular formula is C23H24N4O3S. The highest BCUT2D eigenvalue weighted by molar-refractivity contribution is 7.22. The number of anilines is 1. The lowest BCUT2D eigenvalue weighted by molar-refractivity contribution is -0.147. The number of carbonyl (C=O) groups excluding carboxylic acids is 3. The van der Waals surface area contributed by atoms with Crippen LogP contribution in [0, 0.1) is 0 Å². The molecule has 1 aromatic heterocycles. The predicted molar refractivity (Wildman–Crippen MR) is 121 cm³/mol. The molecule has 7 nitrogen and oxygen atoms in total. The first-order chi connectivity index (χ1) is 15.1. The van der Waals surface area contributed by atoms with Crippen molar-refractivity contribution in [1.29, 1.82) is 0 Å². The van der Waals surface area contributed by atoms with Gasteiger partial charge in [-0.1, -0.05) is 53.8 Å². The van der Waals surface area contributed by atoms with Gasteiger partial charge < -0.3 is 15.5 Å². The molecule has 2 aromatic carbocycles. The summed E-state index contributed by atoms with van der Waals surface area (Å²) in [5, 5.41) is 5.99. The molecule has 2 N–H and O–H groups in total. The van der Waals surface area contributed by atoms with E-state index in [2.05, 4.69) is 15.6 Å². The molecule has 8 heteroatoms. The second-order valence-corrected chi connectivity index (χ2v) is 8.51. The quantitative estimate of drug-likeness (QED) is 0.459. The van der Waals surface area contributed by atoms with Crippen molar-refractivity contribution in [2.75, 3.05) is 18.4 Å². The average Bonchev–Trinajstić information content (AvgIpc) is 3.43. The summed E-state index contributed by atoms with van der Waals surface area (Å²) in [6, 6.07) is 17.0. The van der Waals surface area contributed by atoms with Gasteiger partial charge in [-0.25, -0.2) is 4.98 Å². The van der Waals surface area contributed by atoms with Crippen LogP contribution < -0.4 is 10.6 Å². The Labute approximate surface area is 184 Å². The fraction of sp³-hybridized carbons (Fsp3) is 0.304. The highest BCUT2D eigenvalue weighted by Gasteiger charge is 2.37.